The van der Waals surface area contributed by atoms with Crippen LogP contribution in [0.1, 0.15) is 12.8 Å². The van der Waals surface area contributed by atoms with Crippen molar-refractivity contribution in [1.82, 2.24) is 0 Å². The van der Waals surface area contributed by atoms with E-state index in [1.807, 2.05) is 6.07 Å². The van der Waals surface area contributed by atoms with Crippen LogP contribution in [0.4, 0.5) is 5.69 Å². The van der Waals surface area contributed by atoms with Gasteiger partial charge in [0, 0.05) is 18.6 Å². The van der Waals surface area contributed by atoms with Gasteiger partial charge in [-0.2, -0.15) is 0 Å². The Bertz CT molecular complexity index is 389. The molecule has 1 saturated heterocycles. The second-order valence-electron chi connectivity index (χ2n) is 3.64. The first-order chi connectivity index (χ1) is 7.22. The van der Waals surface area contributed by atoms with Crippen molar-refractivity contribution in [2.45, 2.75) is 12.8 Å². The summed E-state index contributed by atoms with van der Waals surface area (Å²) in [6.45, 7) is 0.810. The van der Waals surface area contributed by atoms with E-state index in [9.17, 15) is 9.90 Å². The van der Waals surface area contributed by atoms with Crippen molar-refractivity contribution in [1.29, 1.82) is 0 Å². The summed E-state index contributed by atoms with van der Waals surface area (Å²) in [7, 11) is 1.50. The SMILES string of the molecule is COc1ccc([NH+]2CCCC2=O)cc1O. The average molecular weight is 208 g/mol. The first-order valence-electron chi connectivity index (χ1n) is 4.99. The smallest absolute Gasteiger partial charge is 0.317 e. The quantitative estimate of drug-likeness (QED) is 0.732. The lowest BCUT2D eigenvalue weighted by molar-refractivity contribution is -0.738. The Labute approximate surface area is 88.1 Å². The summed E-state index contributed by atoms with van der Waals surface area (Å²) in [5.41, 5.74) is 0.816. The molecule has 1 aromatic rings. The number of aromatic hydroxyl groups is 1. The molecule has 1 aromatic carbocycles. The van der Waals surface area contributed by atoms with Gasteiger partial charge in [-0.25, -0.2) is 9.69 Å². The summed E-state index contributed by atoms with van der Waals surface area (Å²) >= 11 is 0. The van der Waals surface area contributed by atoms with E-state index in [0.29, 0.717) is 12.2 Å². The van der Waals surface area contributed by atoms with Crippen molar-refractivity contribution in [3.05, 3.63) is 18.2 Å². The Morgan fingerprint density at radius 3 is 2.80 bits per heavy atom. The van der Waals surface area contributed by atoms with Crippen LogP contribution in [0.25, 0.3) is 0 Å². The van der Waals surface area contributed by atoms with E-state index in [2.05, 4.69) is 0 Å². The fourth-order valence-electron chi connectivity index (χ4n) is 1.90. The van der Waals surface area contributed by atoms with Crippen LogP contribution in [0.15, 0.2) is 18.2 Å². The molecule has 1 fully saturated rings. The molecule has 1 heterocycles. The van der Waals surface area contributed by atoms with E-state index in [1.165, 1.54) is 7.11 Å². The predicted molar refractivity (Wildman–Crippen MR) is 54.4 cm³/mol. The van der Waals surface area contributed by atoms with Gasteiger partial charge in [0.1, 0.15) is 5.69 Å². The Hall–Kier alpha value is -1.55. The van der Waals surface area contributed by atoms with Crippen LogP contribution in [0.3, 0.4) is 0 Å². The highest BCUT2D eigenvalue weighted by Crippen LogP contribution is 2.27. The topological polar surface area (TPSA) is 51.0 Å². The molecule has 2 rings (SSSR count). The number of hydrogen-bond donors (Lipinski definition) is 2. The van der Waals surface area contributed by atoms with Crippen LogP contribution < -0.4 is 9.64 Å². The minimum atomic E-state index is 0.0854. The molecule has 2 N–H and O–H groups in total. The Morgan fingerprint density at radius 2 is 2.27 bits per heavy atom. The summed E-state index contributed by atoms with van der Waals surface area (Å²) in [4.78, 5) is 12.3. The second-order valence-corrected chi connectivity index (χ2v) is 3.64. The van der Waals surface area contributed by atoms with Crippen molar-refractivity contribution < 1.29 is 19.5 Å². The van der Waals surface area contributed by atoms with Gasteiger partial charge >= 0.3 is 5.91 Å². The monoisotopic (exact) mass is 208 g/mol. The molecule has 1 amide bonds. The molecule has 1 aliphatic heterocycles. The van der Waals surface area contributed by atoms with Gasteiger partial charge in [0.2, 0.25) is 0 Å². The molecule has 0 bridgehead atoms. The van der Waals surface area contributed by atoms with Gasteiger partial charge in [-0.3, -0.25) is 0 Å². The van der Waals surface area contributed by atoms with E-state index >= 15 is 0 Å². The number of nitrogens with one attached hydrogen (secondary N) is 1. The number of phenolic OH excluding ortho intramolecular Hbond substituents is 1. The zero-order valence-corrected chi connectivity index (χ0v) is 8.62. The standard InChI is InChI=1S/C11H13NO3/c1-15-10-5-4-8(7-9(10)13)12-6-2-3-11(12)14/h4-5,7,13H,2-3,6H2,1H3/p+1. The van der Waals surface area contributed by atoms with Crippen LogP contribution in [-0.4, -0.2) is 24.7 Å². The van der Waals surface area contributed by atoms with Gasteiger partial charge in [0.25, 0.3) is 0 Å². The van der Waals surface area contributed by atoms with Crippen molar-refractivity contribution in [2.75, 3.05) is 13.7 Å². The predicted octanol–water partition coefficient (Wildman–Crippen LogP) is 0.238. The van der Waals surface area contributed by atoms with Gasteiger partial charge in [-0.15, -0.1) is 0 Å². The Morgan fingerprint density at radius 1 is 1.47 bits per heavy atom. The Kier molecular flexibility index (Phi) is 2.60. The minimum Gasteiger partial charge on any atom is -0.504 e. The lowest BCUT2D eigenvalue weighted by Gasteiger charge is -2.10. The summed E-state index contributed by atoms with van der Waals surface area (Å²) < 4.78 is 4.95. The van der Waals surface area contributed by atoms with E-state index in [4.69, 9.17) is 4.74 Å². The zero-order valence-electron chi connectivity index (χ0n) is 8.62. The number of phenols is 1. The molecule has 0 aliphatic carbocycles. The highest BCUT2D eigenvalue weighted by atomic mass is 16.5. The number of ether oxygens (including phenoxy) is 1. The van der Waals surface area contributed by atoms with Crippen molar-refractivity contribution in [3.8, 4) is 11.5 Å². The normalized spacial score (nSPS) is 20.6. The Balaban J connectivity index is 2.29. The molecule has 4 heteroatoms. The number of carbonyl (C=O) groups excluding carboxylic acids is 1. The third-order valence-corrected chi connectivity index (χ3v) is 2.69. The third kappa shape index (κ3) is 1.80. The van der Waals surface area contributed by atoms with Crippen molar-refractivity contribution >= 4 is 11.6 Å². The number of carbonyl (C=O) groups is 1. The summed E-state index contributed by atoms with van der Waals surface area (Å²) in [6, 6.07) is 5.10. The maximum Gasteiger partial charge on any atom is 0.317 e. The third-order valence-electron chi connectivity index (χ3n) is 2.69. The van der Waals surface area contributed by atoms with E-state index in [1.54, 1.807) is 12.1 Å². The van der Waals surface area contributed by atoms with Gasteiger partial charge < -0.3 is 9.84 Å². The fraction of sp³-hybridized carbons (Fsp3) is 0.364. The summed E-state index contributed by atoms with van der Waals surface area (Å²) in [5.74, 6) is 0.714. The fourth-order valence-corrected chi connectivity index (χ4v) is 1.90. The molecular formula is C11H14NO3+. The van der Waals surface area contributed by atoms with E-state index in [0.717, 1.165) is 23.6 Å². The van der Waals surface area contributed by atoms with Crippen LogP contribution in [-0.2, 0) is 4.79 Å². The molecule has 1 atom stereocenters. The lowest BCUT2D eigenvalue weighted by Crippen LogP contribution is -3.07. The number of hydrogen-bond acceptors (Lipinski definition) is 3. The maximum absolute atomic E-state index is 11.5. The highest BCUT2D eigenvalue weighted by molar-refractivity contribution is 5.71. The van der Waals surface area contributed by atoms with Crippen LogP contribution in [0, 0.1) is 0 Å². The molecule has 1 unspecified atom stereocenters. The van der Waals surface area contributed by atoms with Crippen LogP contribution >= 0.6 is 0 Å². The number of methoxy groups -OCH3 is 1. The van der Waals surface area contributed by atoms with Gasteiger partial charge in [-0.05, 0) is 6.07 Å². The van der Waals surface area contributed by atoms with Crippen molar-refractivity contribution in [2.24, 2.45) is 0 Å². The van der Waals surface area contributed by atoms with Gasteiger partial charge in [-0.1, -0.05) is 0 Å². The first-order valence-corrected chi connectivity index (χ1v) is 4.99. The summed E-state index contributed by atoms with van der Waals surface area (Å²) in [5, 5.41) is 9.59. The molecular weight excluding hydrogens is 194 g/mol. The molecule has 0 radical (unpaired) electrons. The maximum atomic E-state index is 11.5. The van der Waals surface area contributed by atoms with E-state index in [-0.39, 0.29) is 11.7 Å². The van der Waals surface area contributed by atoms with Gasteiger partial charge in [0.15, 0.2) is 11.5 Å². The highest BCUT2D eigenvalue weighted by Gasteiger charge is 2.28. The molecule has 80 valence electrons. The number of rotatable bonds is 2. The molecule has 1 aliphatic rings. The number of amides is 1. The number of benzene rings is 1. The molecule has 0 aromatic heterocycles. The van der Waals surface area contributed by atoms with Crippen molar-refractivity contribution in [3.63, 3.8) is 0 Å². The minimum absolute atomic E-state index is 0.0854. The number of quaternary nitrogens is 1. The summed E-state index contributed by atoms with van der Waals surface area (Å²) in [6.07, 6.45) is 1.54. The van der Waals surface area contributed by atoms with Crippen LogP contribution in [0.2, 0.25) is 0 Å². The largest absolute Gasteiger partial charge is 0.504 e. The lowest BCUT2D eigenvalue weighted by atomic mass is 10.2. The average Bonchev–Trinajstić information content (AvgIpc) is 2.64. The molecule has 0 saturated carbocycles. The molecule has 15 heavy (non-hydrogen) atoms. The van der Waals surface area contributed by atoms with Crippen LogP contribution in [0.5, 0.6) is 11.5 Å². The zero-order chi connectivity index (χ0) is 10.8. The molecule has 0 spiro atoms. The van der Waals surface area contributed by atoms with E-state index < -0.39 is 0 Å². The first kappa shape index (κ1) is 9.98. The van der Waals surface area contributed by atoms with Gasteiger partial charge in [0.05, 0.1) is 20.1 Å². The second kappa shape index (κ2) is 3.90. The molecule has 4 nitrogen and oxygen atoms in total.